The third-order valence-electron chi connectivity index (χ3n) is 3.69. The molecular formula is C18H24N4O4S3. The average Bonchev–Trinajstić information content (AvgIpc) is 3.11. The summed E-state index contributed by atoms with van der Waals surface area (Å²) in [4.78, 5) is 12.9. The van der Waals surface area contributed by atoms with E-state index in [0.717, 1.165) is 10.6 Å². The molecule has 0 saturated heterocycles. The SMILES string of the molecule is C=CCSc1nnc(NC(=O)[C@H](CC)N(c2ccc(OCC)cc2)S(C)(=O)=O)s1. The Morgan fingerprint density at radius 3 is 2.59 bits per heavy atom. The molecule has 1 amide bonds. The molecule has 0 radical (unpaired) electrons. The van der Waals surface area contributed by atoms with E-state index in [0.29, 0.717) is 33.3 Å². The Balaban J connectivity index is 2.24. The van der Waals surface area contributed by atoms with E-state index in [1.807, 2.05) is 6.92 Å². The summed E-state index contributed by atoms with van der Waals surface area (Å²) in [5.74, 6) is 0.837. The van der Waals surface area contributed by atoms with Gasteiger partial charge in [-0.25, -0.2) is 8.42 Å². The monoisotopic (exact) mass is 456 g/mol. The van der Waals surface area contributed by atoms with Gasteiger partial charge in [-0.15, -0.1) is 16.8 Å². The Kier molecular flexibility index (Phi) is 8.47. The van der Waals surface area contributed by atoms with Gasteiger partial charge in [0, 0.05) is 5.75 Å². The van der Waals surface area contributed by atoms with Crippen molar-refractivity contribution < 1.29 is 17.9 Å². The molecule has 2 aromatic rings. The fourth-order valence-corrected chi connectivity index (χ4v) is 5.28. The molecule has 0 aliphatic heterocycles. The lowest BCUT2D eigenvalue weighted by Gasteiger charge is -2.29. The van der Waals surface area contributed by atoms with E-state index in [1.54, 1.807) is 37.3 Å². The molecule has 0 bridgehead atoms. The number of carbonyl (C=O) groups excluding carboxylic acids is 1. The quantitative estimate of drug-likeness (QED) is 0.314. The molecule has 0 fully saturated rings. The molecule has 2 rings (SSSR count). The smallest absolute Gasteiger partial charge is 0.250 e. The largest absolute Gasteiger partial charge is 0.494 e. The summed E-state index contributed by atoms with van der Waals surface area (Å²) in [6.07, 6.45) is 3.11. The van der Waals surface area contributed by atoms with Crippen LogP contribution in [-0.4, -0.2) is 49.2 Å². The maximum Gasteiger partial charge on any atom is 0.250 e. The van der Waals surface area contributed by atoms with Crippen molar-refractivity contribution in [1.82, 2.24) is 10.2 Å². The molecule has 0 unspecified atom stereocenters. The molecule has 0 aliphatic carbocycles. The van der Waals surface area contributed by atoms with Crippen molar-refractivity contribution in [2.45, 2.75) is 30.6 Å². The molecule has 8 nitrogen and oxygen atoms in total. The second-order valence-corrected chi connectivity index (χ2v) is 9.98. The highest BCUT2D eigenvalue weighted by Crippen LogP contribution is 2.28. The van der Waals surface area contributed by atoms with Crippen LogP contribution in [0.4, 0.5) is 10.8 Å². The topological polar surface area (TPSA) is 101 Å². The Labute approximate surface area is 179 Å². The molecule has 1 atom stereocenters. The van der Waals surface area contributed by atoms with Crippen LogP contribution in [0.2, 0.25) is 0 Å². The van der Waals surface area contributed by atoms with E-state index < -0.39 is 22.0 Å². The van der Waals surface area contributed by atoms with Crippen molar-refractivity contribution in [3.05, 3.63) is 36.9 Å². The second kappa shape index (κ2) is 10.6. The molecule has 0 saturated carbocycles. The van der Waals surface area contributed by atoms with Crippen LogP contribution in [0, 0.1) is 0 Å². The Morgan fingerprint density at radius 1 is 1.34 bits per heavy atom. The average molecular weight is 457 g/mol. The summed E-state index contributed by atoms with van der Waals surface area (Å²) in [5, 5.41) is 10.9. The summed E-state index contributed by atoms with van der Waals surface area (Å²) >= 11 is 2.68. The zero-order valence-corrected chi connectivity index (χ0v) is 18.9. The van der Waals surface area contributed by atoms with Crippen LogP contribution in [0.15, 0.2) is 41.3 Å². The van der Waals surface area contributed by atoms with Crippen molar-refractivity contribution in [3.8, 4) is 5.75 Å². The molecule has 1 heterocycles. The first-order chi connectivity index (χ1) is 13.8. The lowest BCUT2D eigenvalue weighted by Crippen LogP contribution is -2.47. The number of nitrogens with one attached hydrogen (secondary N) is 1. The van der Waals surface area contributed by atoms with Crippen LogP contribution in [0.25, 0.3) is 0 Å². The first-order valence-electron chi connectivity index (χ1n) is 8.90. The number of rotatable bonds is 11. The molecule has 11 heteroatoms. The minimum atomic E-state index is -3.71. The molecule has 0 spiro atoms. The highest BCUT2D eigenvalue weighted by atomic mass is 32.2. The lowest BCUT2D eigenvalue weighted by atomic mass is 10.2. The maximum atomic E-state index is 12.9. The summed E-state index contributed by atoms with van der Waals surface area (Å²) in [5.41, 5.74) is 0.387. The third kappa shape index (κ3) is 6.44. The second-order valence-electron chi connectivity index (χ2n) is 5.87. The highest BCUT2D eigenvalue weighted by molar-refractivity contribution is 8.01. The Bertz CT molecular complexity index is 929. The fraction of sp³-hybridized carbons (Fsp3) is 0.389. The predicted octanol–water partition coefficient (Wildman–Crippen LogP) is 3.40. The molecule has 29 heavy (non-hydrogen) atoms. The molecule has 1 aromatic heterocycles. The van der Waals surface area contributed by atoms with Gasteiger partial charge in [0.1, 0.15) is 11.8 Å². The van der Waals surface area contributed by atoms with Crippen molar-refractivity contribution in [2.75, 3.05) is 28.2 Å². The summed E-state index contributed by atoms with van der Waals surface area (Å²) in [6.45, 7) is 7.77. The zero-order valence-electron chi connectivity index (χ0n) is 16.5. The maximum absolute atomic E-state index is 12.9. The van der Waals surface area contributed by atoms with Crippen LogP contribution in [-0.2, 0) is 14.8 Å². The number of sulfonamides is 1. The lowest BCUT2D eigenvalue weighted by molar-refractivity contribution is -0.117. The van der Waals surface area contributed by atoms with Gasteiger partial charge in [0.25, 0.3) is 0 Å². The van der Waals surface area contributed by atoms with E-state index in [2.05, 4.69) is 22.1 Å². The van der Waals surface area contributed by atoms with Crippen molar-refractivity contribution >= 4 is 49.8 Å². The number of hydrogen-bond acceptors (Lipinski definition) is 8. The highest BCUT2D eigenvalue weighted by Gasteiger charge is 2.32. The first kappa shape index (κ1) is 23.2. The van der Waals surface area contributed by atoms with Gasteiger partial charge in [0.05, 0.1) is 18.6 Å². The van der Waals surface area contributed by atoms with E-state index in [-0.39, 0.29) is 6.42 Å². The number of ether oxygens (including phenoxy) is 1. The molecule has 0 aliphatic rings. The van der Waals surface area contributed by atoms with Gasteiger partial charge >= 0.3 is 0 Å². The normalized spacial score (nSPS) is 12.2. The van der Waals surface area contributed by atoms with Crippen molar-refractivity contribution in [3.63, 3.8) is 0 Å². The van der Waals surface area contributed by atoms with E-state index in [1.165, 1.54) is 23.1 Å². The Morgan fingerprint density at radius 2 is 2.03 bits per heavy atom. The van der Waals surface area contributed by atoms with E-state index >= 15 is 0 Å². The van der Waals surface area contributed by atoms with Crippen LogP contribution in [0.1, 0.15) is 20.3 Å². The zero-order chi connectivity index (χ0) is 21.4. The van der Waals surface area contributed by atoms with Gasteiger partial charge < -0.3 is 4.74 Å². The first-order valence-corrected chi connectivity index (χ1v) is 12.6. The standard InChI is InChI=1S/C18H24N4O4S3/c1-5-12-27-18-21-20-17(28-18)19-16(23)15(6-2)22(29(4,24)25)13-8-10-14(11-9-13)26-7-3/h5,8-11,15H,1,6-7,12H2,2-4H3,(H,19,20,23)/t15-/m0/s1. The van der Waals surface area contributed by atoms with Gasteiger partial charge in [-0.2, -0.15) is 0 Å². The summed E-state index contributed by atoms with van der Waals surface area (Å²) in [7, 11) is -3.71. The van der Waals surface area contributed by atoms with Gasteiger partial charge in [0.15, 0.2) is 4.34 Å². The van der Waals surface area contributed by atoms with E-state index in [9.17, 15) is 13.2 Å². The van der Waals surface area contributed by atoms with Crippen LogP contribution in [0.5, 0.6) is 5.75 Å². The van der Waals surface area contributed by atoms with Gasteiger partial charge in [-0.05, 0) is 37.6 Å². The number of nitrogens with zero attached hydrogens (tertiary/aromatic N) is 3. The Hall–Kier alpha value is -2.11. The molecule has 1 aromatic carbocycles. The number of benzene rings is 1. The number of aromatic nitrogens is 2. The van der Waals surface area contributed by atoms with Crippen LogP contribution in [0.3, 0.4) is 0 Å². The van der Waals surface area contributed by atoms with Crippen LogP contribution < -0.4 is 14.4 Å². The van der Waals surface area contributed by atoms with E-state index in [4.69, 9.17) is 4.74 Å². The minimum Gasteiger partial charge on any atom is -0.494 e. The van der Waals surface area contributed by atoms with Gasteiger partial charge in [-0.1, -0.05) is 36.1 Å². The van der Waals surface area contributed by atoms with Gasteiger partial charge in [0.2, 0.25) is 21.1 Å². The number of anilines is 2. The van der Waals surface area contributed by atoms with Crippen molar-refractivity contribution in [2.24, 2.45) is 0 Å². The number of hydrogen-bond donors (Lipinski definition) is 1. The molecular weight excluding hydrogens is 432 g/mol. The third-order valence-corrected chi connectivity index (χ3v) is 6.84. The summed E-state index contributed by atoms with van der Waals surface area (Å²) in [6, 6.07) is 5.66. The summed E-state index contributed by atoms with van der Waals surface area (Å²) < 4.78 is 32.2. The number of amides is 1. The molecule has 1 N–H and O–H groups in total. The van der Waals surface area contributed by atoms with Crippen LogP contribution >= 0.6 is 23.1 Å². The predicted molar refractivity (Wildman–Crippen MR) is 118 cm³/mol. The van der Waals surface area contributed by atoms with Gasteiger partial charge in [-0.3, -0.25) is 14.4 Å². The number of thioether (sulfide) groups is 1. The number of carbonyl (C=O) groups is 1. The minimum absolute atomic E-state index is 0.281. The van der Waals surface area contributed by atoms with Crippen molar-refractivity contribution in [1.29, 1.82) is 0 Å². The molecule has 158 valence electrons. The fourth-order valence-electron chi connectivity index (χ4n) is 2.55.